The standard InChI is InChI=1S/C10H11I/c11-10-7-3-5-8-4-1-2-6-9(8)10/h3,5,7H,1-2,4,6H2. The van der Waals surface area contributed by atoms with Crippen molar-refractivity contribution in [2.75, 3.05) is 0 Å². The van der Waals surface area contributed by atoms with Gasteiger partial charge in [0.1, 0.15) is 0 Å². The smallest absolute Gasteiger partial charge is 0.0165 e. The molecule has 0 N–H and O–H groups in total. The summed E-state index contributed by atoms with van der Waals surface area (Å²) in [6.45, 7) is 0. The molecule has 1 aromatic rings. The van der Waals surface area contributed by atoms with Crippen LogP contribution in [0.4, 0.5) is 0 Å². The molecule has 1 aliphatic carbocycles. The third-order valence-corrected chi connectivity index (χ3v) is 3.35. The Balaban J connectivity index is 2.49. The first-order valence-corrected chi connectivity index (χ1v) is 5.22. The third-order valence-electron chi connectivity index (χ3n) is 2.34. The molecule has 0 atom stereocenters. The fourth-order valence-corrected chi connectivity index (χ4v) is 2.56. The van der Waals surface area contributed by atoms with E-state index < -0.39 is 0 Å². The molecule has 0 unspecified atom stereocenters. The van der Waals surface area contributed by atoms with Gasteiger partial charge in [-0.15, -0.1) is 0 Å². The molecular formula is C10H11I. The summed E-state index contributed by atoms with van der Waals surface area (Å²) in [6, 6.07) is 6.66. The quantitative estimate of drug-likeness (QED) is 0.627. The van der Waals surface area contributed by atoms with Crippen molar-refractivity contribution in [3.05, 3.63) is 32.9 Å². The summed E-state index contributed by atoms with van der Waals surface area (Å²) >= 11 is 2.44. The molecule has 58 valence electrons. The maximum absolute atomic E-state index is 2.44. The molecule has 1 aromatic carbocycles. The molecule has 0 saturated carbocycles. The fraction of sp³-hybridized carbons (Fsp3) is 0.400. The van der Waals surface area contributed by atoms with Crippen LogP contribution in [0.1, 0.15) is 24.0 Å². The Morgan fingerprint density at radius 2 is 1.91 bits per heavy atom. The maximum atomic E-state index is 2.44. The fourth-order valence-electron chi connectivity index (χ4n) is 1.73. The molecule has 0 heterocycles. The van der Waals surface area contributed by atoms with Crippen LogP contribution < -0.4 is 0 Å². The summed E-state index contributed by atoms with van der Waals surface area (Å²) in [5.41, 5.74) is 3.20. The summed E-state index contributed by atoms with van der Waals surface area (Å²) in [4.78, 5) is 0. The highest BCUT2D eigenvalue weighted by Crippen LogP contribution is 2.24. The van der Waals surface area contributed by atoms with E-state index in [1.165, 1.54) is 29.3 Å². The van der Waals surface area contributed by atoms with Gasteiger partial charge < -0.3 is 0 Å². The molecule has 0 spiro atoms. The van der Waals surface area contributed by atoms with E-state index in [-0.39, 0.29) is 0 Å². The number of hydrogen-bond acceptors (Lipinski definition) is 0. The summed E-state index contributed by atoms with van der Waals surface area (Å²) in [5.74, 6) is 0. The third kappa shape index (κ3) is 1.43. The second-order valence-corrected chi connectivity index (χ2v) is 4.25. The van der Waals surface area contributed by atoms with Crippen LogP contribution >= 0.6 is 22.6 Å². The van der Waals surface area contributed by atoms with Gasteiger partial charge in [-0.05, 0) is 65.5 Å². The van der Waals surface area contributed by atoms with Crippen molar-refractivity contribution in [1.29, 1.82) is 0 Å². The van der Waals surface area contributed by atoms with Gasteiger partial charge in [0.2, 0.25) is 0 Å². The van der Waals surface area contributed by atoms with Crippen molar-refractivity contribution in [2.24, 2.45) is 0 Å². The Kier molecular flexibility index (Phi) is 2.16. The van der Waals surface area contributed by atoms with Crippen LogP contribution in [0.15, 0.2) is 18.2 Å². The molecule has 1 heteroatoms. The van der Waals surface area contributed by atoms with Crippen LogP contribution in [0.3, 0.4) is 0 Å². The number of fused-ring (bicyclic) bond motifs is 1. The van der Waals surface area contributed by atoms with E-state index in [1.807, 2.05) is 0 Å². The monoisotopic (exact) mass is 258 g/mol. The van der Waals surface area contributed by atoms with Crippen molar-refractivity contribution >= 4 is 22.6 Å². The second kappa shape index (κ2) is 3.13. The predicted octanol–water partition coefficient (Wildman–Crippen LogP) is 3.17. The number of hydrogen-bond donors (Lipinski definition) is 0. The summed E-state index contributed by atoms with van der Waals surface area (Å²) < 4.78 is 1.46. The topological polar surface area (TPSA) is 0 Å². The van der Waals surface area contributed by atoms with Gasteiger partial charge in [0.25, 0.3) is 0 Å². The van der Waals surface area contributed by atoms with E-state index in [0.29, 0.717) is 0 Å². The molecule has 0 fully saturated rings. The first-order chi connectivity index (χ1) is 5.38. The minimum atomic E-state index is 1.30. The van der Waals surface area contributed by atoms with Crippen LogP contribution in [0.2, 0.25) is 0 Å². The lowest BCUT2D eigenvalue weighted by atomic mass is 9.92. The van der Waals surface area contributed by atoms with Crippen LogP contribution in [-0.4, -0.2) is 0 Å². The van der Waals surface area contributed by atoms with Crippen molar-refractivity contribution in [2.45, 2.75) is 25.7 Å². The van der Waals surface area contributed by atoms with Crippen molar-refractivity contribution < 1.29 is 0 Å². The lowest BCUT2D eigenvalue weighted by Crippen LogP contribution is -2.03. The highest BCUT2D eigenvalue weighted by Gasteiger charge is 2.10. The molecule has 0 nitrogen and oxygen atoms in total. The zero-order valence-electron chi connectivity index (χ0n) is 6.44. The van der Waals surface area contributed by atoms with Gasteiger partial charge in [0.15, 0.2) is 0 Å². The Morgan fingerprint density at radius 1 is 1.09 bits per heavy atom. The Hall–Kier alpha value is -0.0500. The van der Waals surface area contributed by atoms with E-state index in [1.54, 1.807) is 11.1 Å². The Labute approximate surface area is 81.1 Å². The molecule has 0 saturated heterocycles. The number of aryl methyl sites for hydroxylation is 1. The highest BCUT2D eigenvalue weighted by molar-refractivity contribution is 14.1. The van der Waals surface area contributed by atoms with Gasteiger partial charge in [-0.3, -0.25) is 0 Å². The van der Waals surface area contributed by atoms with E-state index in [9.17, 15) is 0 Å². The Bertz CT molecular complexity index is 266. The maximum Gasteiger partial charge on any atom is 0.0165 e. The van der Waals surface area contributed by atoms with Gasteiger partial charge in [-0.25, -0.2) is 0 Å². The van der Waals surface area contributed by atoms with Crippen LogP contribution in [0.25, 0.3) is 0 Å². The zero-order valence-corrected chi connectivity index (χ0v) is 8.60. The number of benzene rings is 1. The molecular weight excluding hydrogens is 247 g/mol. The first-order valence-electron chi connectivity index (χ1n) is 4.14. The van der Waals surface area contributed by atoms with E-state index in [4.69, 9.17) is 0 Å². The predicted molar refractivity (Wildman–Crippen MR) is 55.8 cm³/mol. The van der Waals surface area contributed by atoms with Crippen molar-refractivity contribution in [3.63, 3.8) is 0 Å². The lowest BCUT2D eigenvalue weighted by molar-refractivity contribution is 0.683. The van der Waals surface area contributed by atoms with Gasteiger partial charge in [0, 0.05) is 3.57 Å². The van der Waals surface area contributed by atoms with E-state index in [0.717, 1.165) is 0 Å². The van der Waals surface area contributed by atoms with Crippen LogP contribution in [-0.2, 0) is 12.8 Å². The molecule has 0 amide bonds. The van der Waals surface area contributed by atoms with Gasteiger partial charge in [-0.2, -0.15) is 0 Å². The molecule has 11 heavy (non-hydrogen) atoms. The average molecular weight is 258 g/mol. The lowest BCUT2D eigenvalue weighted by Gasteiger charge is -2.16. The second-order valence-electron chi connectivity index (χ2n) is 3.08. The van der Waals surface area contributed by atoms with Gasteiger partial charge >= 0.3 is 0 Å². The van der Waals surface area contributed by atoms with Gasteiger partial charge in [0.05, 0.1) is 0 Å². The van der Waals surface area contributed by atoms with Crippen molar-refractivity contribution in [1.82, 2.24) is 0 Å². The molecule has 0 bridgehead atoms. The summed E-state index contributed by atoms with van der Waals surface area (Å²) in [6.07, 6.45) is 5.36. The van der Waals surface area contributed by atoms with Crippen LogP contribution in [0.5, 0.6) is 0 Å². The molecule has 0 radical (unpaired) electrons. The number of halogens is 1. The molecule has 2 rings (SSSR count). The minimum absolute atomic E-state index is 1.30. The van der Waals surface area contributed by atoms with Gasteiger partial charge in [-0.1, -0.05) is 12.1 Å². The molecule has 1 aliphatic rings. The van der Waals surface area contributed by atoms with E-state index >= 15 is 0 Å². The minimum Gasteiger partial charge on any atom is -0.0609 e. The highest BCUT2D eigenvalue weighted by atomic mass is 127. The summed E-state index contributed by atoms with van der Waals surface area (Å²) in [7, 11) is 0. The average Bonchev–Trinajstić information content (AvgIpc) is 2.06. The largest absolute Gasteiger partial charge is 0.0609 e. The van der Waals surface area contributed by atoms with E-state index in [2.05, 4.69) is 40.8 Å². The number of rotatable bonds is 0. The zero-order chi connectivity index (χ0) is 7.68. The SMILES string of the molecule is Ic1cccc2c1CCCC2. The first kappa shape index (κ1) is 7.59. The summed E-state index contributed by atoms with van der Waals surface area (Å²) in [5, 5.41) is 0. The molecule has 0 aliphatic heterocycles. The Morgan fingerprint density at radius 3 is 2.73 bits per heavy atom. The van der Waals surface area contributed by atoms with Crippen molar-refractivity contribution in [3.8, 4) is 0 Å². The van der Waals surface area contributed by atoms with Crippen LogP contribution in [0, 0.1) is 3.57 Å². The molecule has 0 aromatic heterocycles. The normalized spacial score (nSPS) is 16.1.